The van der Waals surface area contributed by atoms with Crippen LogP contribution in [0, 0.1) is 5.92 Å². The highest BCUT2D eigenvalue weighted by Gasteiger charge is 2.27. The molecule has 2 aliphatic rings. The van der Waals surface area contributed by atoms with Crippen LogP contribution in [0.5, 0.6) is 0 Å². The smallest absolute Gasteiger partial charge is 0.240 e. The summed E-state index contributed by atoms with van der Waals surface area (Å²) in [7, 11) is -1.36. The van der Waals surface area contributed by atoms with E-state index in [-0.39, 0.29) is 30.0 Å². The van der Waals surface area contributed by atoms with E-state index in [2.05, 4.69) is 21.9 Å². The number of benzene rings is 1. The van der Waals surface area contributed by atoms with E-state index < -0.39 is 10.0 Å². The van der Waals surface area contributed by atoms with Crippen LogP contribution in [0.4, 0.5) is 0 Å². The maximum Gasteiger partial charge on any atom is 0.240 e. The zero-order valence-electron chi connectivity index (χ0n) is 16.6. The van der Waals surface area contributed by atoms with Crippen molar-refractivity contribution in [3.8, 4) is 0 Å². The Morgan fingerprint density at radius 2 is 1.96 bits per heavy atom. The largest absolute Gasteiger partial charge is 0.381 e. The van der Waals surface area contributed by atoms with Crippen LogP contribution < -0.4 is 10.0 Å². The topological polar surface area (TPSA) is 83.0 Å². The van der Waals surface area contributed by atoms with Crippen LogP contribution in [0.1, 0.15) is 31.7 Å². The monoisotopic (exact) mass is 522 g/mol. The van der Waals surface area contributed by atoms with Gasteiger partial charge < -0.3 is 15.0 Å². The van der Waals surface area contributed by atoms with Crippen LogP contribution in [0.3, 0.4) is 0 Å². The number of hydrogen-bond acceptors (Lipinski definition) is 4. The minimum absolute atomic E-state index is 0. The van der Waals surface area contributed by atoms with E-state index in [1.807, 2.05) is 19.2 Å². The van der Waals surface area contributed by atoms with Crippen LogP contribution in [0.15, 0.2) is 34.2 Å². The number of hydrogen-bond donors (Lipinski definition) is 2. The lowest BCUT2D eigenvalue weighted by atomic mass is 10.1. The van der Waals surface area contributed by atoms with Gasteiger partial charge >= 0.3 is 0 Å². The molecular formula is C19H31IN4O3S. The predicted octanol–water partition coefficient (Wildman–Crippen LogP) is 2.18. The van der Waals surface area contributed by atoms with Crippen molar-refractivity contribution in [2.75, 3.05) is 33.4 Å². The van der Waals surface area contributed by atoms with Gasteiger partial charge in [0.15, 0.2) is 5.96 Å². The third kappa shape index (κ3) is 6.85. The molecule has 1 aliphatic carbocycles. The molecule has 1 heterocycles. The number of aliphatic imine (C=N–C) groups is 1. The van der Waals surface area contributed by atoms with Crippen molar-refractivity contribution in [2.45, 2.75) is 43.7 Å². The Morgan fingerprint density at radius 1 is 1.25 bits per heavy atom. The first-order valence-electron chi connectivity index (χ1n) is 9.66. The van der Waals surface area contributed by atoms with Gasteiger partial charge in [-0.1, -0.05) is 12.1 Å². The summed E-state index contributed by atoms with van der Waals surface area (Å²) in [5, 5.41) is 3.32. The van der Waals surface area contributed by atoms with Crippen molar-refractivity contribution >= 4 is 40.0 Å². The number of nitrogens with one attached hydrogen (secondary N) is 2. The van der Waals surface area contributed by atoms with E-state index in [0.29, 0.717) is 17.4 Å². The molecule has 0 amide bonds. The standard InChI is InChI=1S/C19H30N4O3S.HI/c1-3-20-19(23(2)13-16-10-11-26-14-16)21-12-15-4-8-18(9-5-15)27(24,25)22-17-6-7-17;/h4-5,8-9,16-17,22H,3,6-7,10-14H2,1-2H3,(H,20,21);1H. The molecule has 28 heavy (non-hydrogen) atoms. The Balaban J connectivity index is 0.00000280. The fraction of sp³-hybridized carbons (Fsp3) is 0.632. The van der Waals surface area contributed by atoms with Gasteiger partial charge in [0.05, 0.1) is 18.0 Å². The summed E-state index contributed by atoms with van der Waals surface area (Å²) in [5.41, 5.74) is 0.980. The number of sulfonamides is 1. The molecule has 7 nitrogen and oxygen atoms in total. The van der Waals surface area contributed by atoms with Crippen molar-refractivity contribution in [1.29, 1.82) is 0 Å². The Kier molecular flexibility index (Phi) is 8.97. The highest BCUT2D eigenvalue weighted by molar-refractivity contribution is 14.0. The maximum absolute atomic E-state index is 12.2. The third-order valence-corrected chi connectivity index (χ3v) is 6.33. The van der Waals surface area contributed by atoms with Crippen LogP contribution in [0.2, 0.25) is 0 Å². The molecule has 1 aromatic carbocycles. The predicted molar refractivity (Wildman–Crippen MR) is 122 cm³/mol. The number of nitrogens with zero attached hydrogens (tertiary/aromatic N) is 2. The first kappa shape index (κ1) is 23.4. The van der Waals surface area contributed by atoms with E-state index in [9.17, 15) is 8.42 Å². The second-order valence-corrected chi connectivity index (χ2v) is 9.03. The molecule has 2 N–H and O–H groups in total. The zero-order valence-corrected chi connectivity index (χ0v) is 19.7. The number of guanidine groups is 1. The molecule has 0 spiro atoms. The lowest BCUT2D eigenvalue weighted by Crippen LogP contribution is -2.41. The molecule has 2 fully saturated rings. The molecule has 1 atom stereocenters. The average Bonchev–Trinajstić information content (AvgIpc) is 3.29. The van der Waals surface area contributed by atoms with Crippen molar-refractivity contribution < 1.29 is 13.2 Å². The number of ether oxygens (including phenoxy) is 1. The van der Waals surface area contributed by atoms with Crippen LogP contribution >= 0.6 is 24.0 Å². The Labute approximate surface area is 185 Å². The summed E-state index contributed by atoms with van der Waals surface area (Å²) in [6.45, 7) is 5.93. The summed E-state index contributed by atoms with van der Waals surface area (Å²) in [5.74, 6) is 1.40. The molecule has 1 aromatic rings. The lowest BCUT2D eigenvalue weighted by molar-refractivity contribution is 0.181. The molecule has 1 saturated heterocycles. The van der Waals surface area contributed by atoms with Crippen LogP contribution in [0.25, 0.3) is 0 Å². The maximum atomic E-state index is 12.2. The lowest BCUT2D eigenvalue weighted by Gasteiger charge is -2.24. The van der Waals surface area contributed by atoms with E-state index in [1.165, 1.54) is 0 Å². The summed E-state index contributed by atoms with van der Waals surface area (Å²) in [6, 6.07) is 7.09. The zero-order chi connectivity index (χ0) is 19.3. The highest BCUT2D eigenvalue weighted by atomic mass is 127. The fourth-order valence-electron chi connectivity index (χ4n) is 3.10. The minimum atomic E-state index is -3.40. The molecular weight excluding hydrogens is 491 g/mol. The van der Waals surface area contributed by atoms with Gasteiger partial charge in [-0.2, -0.15) is 0 Å². The molecule has 1 aliphatic heterocycles. The normalized spacial score (nSPS) is 19.9. The molecule has 1 saturated carbocycles. The molecule has 0 radical (unpaired) electrons. The Hall–Kier alpha value is -0.910. The van der Waals surface area contributed by atoms with Gasteiger partial charge in [-0.3, -0.25) is 0 Å². The van der Waals surface area contributed by atoms with Gasteiger partial charge in [0.1, 0.15) is 0 Å². The quantitative estimate of drug-likeness (QED) is 0.311. The summed E-state index contributed by atoms with van der Waals surface area (Å²) in [6.07, 6.45) is 2.95. The summed E-state index contributed by atoms with van der Waals surface area (Å²) in [4.78, 5) is 7.15. The summed E-state index contributed by atoms with van der Waals surface area (Å²) >= 11 is 0. The van der Waals surface area contributed by atoms with Gasteiger partial charge in [-0.25, -0.2) is 18.1 Å². The Morgan fingerprint density at radius 3 is 2.54 bits per heavy atom. The van der Waals surface area contributed by atoms with E-state index in [1.54, 1.807) is 12.1 Å². The SMILES string of the molecule is CCNC(=NCc1ccc(S(=O)(=O)NC2CC2)cc1)N(C)CC1CCOC1.I. The van der Waals surface area contributed by atoms with Crippen molar-refractivity contribution in [1.82, 2.24) is 14.9 Å². The van der Waals surface area contributed by atoms with Crippen molar-refractivity contribution in [3.63, 3.8) is 0 Å². The first-order chi connectivity index (χ1) is 13.0. The van der Waals surface area contributed by atoms with Crippen LogP contribution in [-0.4, -0.2) is 58.7 Å². The molecule has 9 heteroatoms. The van der Waals surface area contributed by atoms with E-state index >= 15 is 0 Å². The summed E-state index contributed by atoms with van der Waals surface area (Å²) < 4.78 is 32.6. The molecule has 158 valence electrons. The molecule has 3 rings (SSSR count). The van der Waals surface area contributed by atoms with Gasteiger partial charge in [0.2, 0.25) is 10.0 Å². The van der Waals surface area contributed by atoms with Gasteiger partial charge in [0.25, 0.3) is 0 Å². The third-order valence-electron chi connectivity index (χ3n) is 4.80. The van der Waals surface area contributed by atoms with Crippen molar-refractivity contribution in [2.24, 2.45) is 10.9 Å². The second-order valence-electron chi connectivity index (χ2n) is 7.32. The number of halogens is 1. The number of rotatable bonds is 8. The van der Waals surface area contributed by atoms with Gasteiger partial charge in [-0.05, 0) is 43.9 Å². The van der Waals surface area contributed by atoms with Crippen LogP contribution in [-0.2, 0) is 21.3 Å². The fourth-order valence-corrected chi connectivity index (χ4v) is 4.40. The Bertz CT molecular complexity index is 745. The molecule has 0 bridgehead atoms. The second kappa shape index (κ2) is 10.7. The van der Waals surface area contributed by atoms with Gasteiger partial charge in [-0.15, -0.1) is 24.0 Å². The highest BCUT2D eigenvalue weighted by Crippen LogP contribution is 2.22. The minimum Gasteiger partial charge on any atom is -0.381 e. The van der Waals surface area contributed by atoms with Gasteiger partial charge in [0, 0.05) is 38.7 Å². The van der Waals surface area contributed by atoms with Crippen molar-refractivity contribution in [3.05, 3.63) is 29.8 Å². The van der Waals surface area contributed by atoms with E-state index in [4.69, 9.17) is 9.73 Å². The first-order valence-corrected chi connectivity index (χ1v) is 11.1. The average molecular weight is 522 g/mol. The molecule has 1 unspecified atom stereocenters. The van der Waals surface area contributed by atoms with E-state index in [0.717, 1.165) is 57.1 Å². The molecule has 0 aromatic heterocycles.